The van der Waals surface area contributed by atoms with Gasteiger partial charge in [-0.1, -0.05) is 23.4 Å². The van der Waals surface area contributed by atoms with Gasteiger partial charge in [-0.25, -0.2) is 0 Å². The van der Waals surface area contributed by atoms with E-state index < -0.39 is 0 Å². The van der Waals surface area contributed by atoms with E-state index in [2.05, 4.69) is 15.5 Å². The van der Waals surface area contributed by atoms with Gasteiger partial charge in [0, 0.05) is 31.2 Å². The molecule has 0 saturated carbocycles. The van der Waals surface area contributed by atoms with E-state index in [-0.39, 0.29) is 11.7 Å². The minimum absolute atomic E-state index is 0.152. The van der Waals surface area contributed by atoms with Crippen LogP contribution in [0.3, 0.4) is 0 Å². The van der Waals surface area contributed by atoms with E-state index in [1.54, 1.807) is 19.2 Å². The molecule has 1 N–H and O–H groups in total. The molecule has 1 aromatic heterocycles. The zero-order valence-corrected chi connectivity index (χ0v) is 18.6. The van der Waals surface area contributed by atoms with Gasteiger partial charge in [0.25, 0.3) is 0 Å². The van der Waals surface area contributed by atoms with Crippen LogP contribution in [0.5, 0.6) is 17.2 Å². The molecular weight excluding hydrogens is 440 g/mol. The number of carbonyl (C=O) groups is 1. The molecular formula is C21H21ClN4O4S. The number of ether oxygens (including phenoxy) is 3. The van der Waals surface area contributed by atoms with Crippen molar-refractivity contribution in [2.45, 2.75) is 11.6 Å². The molecule has 1 amide bonds. The predicted octanol–water partition coefficient (Wildman–Crippen LogP) is 4.04. The third-order valence-corrected chi connectivity index (χ3v) is 5.96. The molecule has 2 heterocycles. The maximum absolute atomic E-state index is 12.5. The van der Waals surface area contributed by atoms with Crippen LogP contribution in [-0.4, -0.2) is 46.7 Å². The van der Waals surface area contributed by atoms with Gasteiger partial charge in [-0.05, 0) is 24.3 Å². The molecule has 0 bridgehead atoms. The topological polar surface area (TPSA) is 87.5 Å². The first-order valence-electron chi connectivity index (χ1n) is 9.61. The number of methoxy groups -OCH3 is 1. The number of halogens is 1. The van der Waals surface area contributed by atoms with Gasteiger partial charge in [0.05, 0.1) is 36.8 Å². The Morgan fingerprint density at radius 1 is 1.19 bits per heavy atom. The molecule has 0 radical (unpaired) electrons. The number of anilines is 1. The molecule has 1 aliphatic rings. The molecule has 0 saturated heterocycles. The van der Waals surface area contributed by atoms with Crippen LogP contribution in [0, 0.1) is 0 Å². The van der Waals surface area contributed by atoms with Gasteiger partial charge < -0.3 is 24.1 Å². The Morgan fingerprint density at radius 2 is 1.90 bits per heavy atom. The monoisotopic (exact) mass is 460 g/mol. The first-order valence-corrected chi connectivity index (χ1v) is 11.0. The number of carbonyl (C=O) groups excluding carboxylic acids is 1. The third-order valence-electron chi connectivity index (χ3n) is 4.63. The zero-order chi connectivity index (χ0) is 21.8. The molecule has 4 rings (SSSR count). The fourth-order valence-electron chi connectivity index (χ4n) is 3.03. The number of nitrogens with zero attached hydrogens (tertiary/aromatic N) is 3. The Morgan fingerprint density at radius 3 is 2.61 bits per heavy atom. The largest absolute Gasteiger partial charge is 0.497 e. The average Bonchev–Trinajstić information content (AvgIpc) is 2.99. The first kappa shape index (κ1) is 21.3. The van der Waals surface area contributed by atoms with Crippen LogP contribution < -0.4 is 19.5 Å². The Bertz CT molecular complexity index is 1090. The minimum atomic E-state index is -0.213. The maximum atomic E-state index is 12.5. The van der Waals surface area contributed by atoms with Gasteiger partial charge in [-0.2, -0.15) is 0 Å². The van der Waals surface area contributed by atoms with E-state index >= 15 is 0 Å². The lowest BCUT2D eigenvalue weighted by Crippen LogP contribution is -2.15. The van der Waals surface area contributed by atoms with Crippen LogP contribution in [0.2, 0.25) is 5.02 Å². The van der Waals surface area contributed by atoms with Crippen molar-refractivity contribution >= 4 is 35.0 Å². The Hall–Kier alpha value is -2.91. The smallest absolute Gasteiger partial charge is 0.234 e. The summed E-state index contributed by atoms with van der Waals surface area (Å²) in [6, 6.07) is 10.9. The van der Waals surface area contributed by atoms with Crippen LogP contribution in [0.25, 0.3) is 11.4 Å². The Kier molecular flexibility index (Phi) is 6.53. The Labute approximate surface area is 188 Å². The number of hydrogen-bond acceptors (Lipinski definition) is 7. The standard InChI is InChI=1S/C21H21ClN4O4S/c1-26-20(13-4-6-14(28-2)7-5-13)24-25-21(26)31-12-19(27)23-16-11-18-17(10-15(16)22)29-8-3-9-30-18/h4-7,10-11H,3,8-9,12H2,1-2H3,(H,23,27). The molecule has 31 heavy (non-hydrogen) atoms. The van der Waals surface area contributed by atoms with Gasteiger partial charge in [0.1, 0.15) is 5.75 Å². The fourth-order valence-corrected chi connectivity index (χ4v) is 3.94. The lowest BCUT2D eigenvalue weighted by atomic mass is 10.2. The molecule has 0 unspecified atom stereocenters. The second-order valence-corrected chi connectivity index (χ2v) is 8.11. The van der Waals surface area contributed by atoms with Gasteiger partial charge in [-0.15, -0.1) is 10.2 Å². The van der Waals surface area contributed by atoms with Crippen LogP contribution >= 0.6 is 23.4 Å². The lowest BCUT2D eigenvalue weighted by Gasteiger charge is -2.12. The average molecular weight is 461 g/mol. The van der Waals surface area contributed by atoms with E-state index in [1.807, 2.05) is 35.9 Å². The fraction of sp³-hybridized carbons (Fsp3) is 0.286. The molecule has 0 atom stereocenters. The van der Waals surface area contributed by atoms with Crippen molar-refractivity contribution in [2.75, 3.05) is 31.4 Å². The summed E-state index contributed by atoms with van der Waals surface area (Å²) in [6.07, 6.45) is 0.793. The molecule has 10 heteroatoms. The van der Waals surface area contributed by atoms with Crippen LogP contribution in [0.4, 0.5) is 5.69 Å². The van der Waals surface area contributed by atoms with Gasteiger partial charge in [-0.3, -0.25) is 4.79 Å². The number of aromatic nitrogens is 3. The third kappa shape index (κ3) is 4.88. The first-order chi connectivity index (χ1) is 15.0. The second kappa shape index (κ2) is 9.49. The van der Waals surface area contributed by atoms with Gasteiger partial charge in [0.2, 0.25) is 5.91 Å². The van der Waals surface area contributed by atoms with Crippen molar-refractivity contribution in [2.24, 2.45) is 7.05 Å². The molecule has 8 nitrogen and oxygen atoms in total. The van der Waals surface area contributed by atoms with Crippen molar-refractivity contribution in [1.29, 1.82) is 0 Å². The van der Waals surface area contributed by atoms with Gasteiger partial charge in [0.15, 0.2) is 22.5 Å². The molecule has 3 aromatic rings. The summed E-state index contributed by atoms with van der Waals surface area (Å²) in [5, 5.41) is 12.3. The van der Waals surface area contributed by atoms with E-state index in [0.29, 0.717) is 46.4 Å². The Balaban J connectivity index is 1.40. The number of amides is 1. The van der Waals surface area contributed by atoms with Crippen molar-refractivity contribution in [1.82, 2.24) is 14.8 Å². The molecule has 0 aliphatic carbocycles. The van der Waals surface area contributed by atoms with E-state index in [4.69, 9.17) is 25.8 Å². The highest BCUT2D eigenvalue weighted by molar-refractivity contribution is 7.99. The lowest BCUT2D eigenvalue weighted by molar-refractivity contribution is -0.113. The van der Waals surface area contributed by atoms with E-state index in [0.717, 1.165) is 17.7 Å². The molecule has 162 valence electrons. The zero-order valence-electron chi connectivity index (χ0n) is 17.1. The van der Waals surface area contributed by atoms with E-state index in [9.17, 15) is 4.79 Å². The number of benzene rings is 2. The van der Waals surface area contributed by atoms with Crippen molar-refractivity contribution in [3.8, 4) is 28.6 Å². The SMILES string of the molecule is COc1ccc(-c2nnc(SCC(=O)Nc3cc4c(cc3Cl)OCCCO4)n2C)cc1. The molecule has 0 spiro atoms. The van der Waals surface area contributed by atoms with E-state index in [1.165, 1.54) is 11.8 Å². The number of hydrogen-bond donors (Lipinski definition) is 1. The number of nitrogens with one attached hydrogen (secondary N) is 1. The summed E-state index contributed by atoms with van der Waals surface area (Å²) < 4.78 is 18.3. The minimum Gasteiger partial charge on any atom is -0.497 e. The van der Waals surface area contributed by atoms with Gasteiger partial charge >= 0.3 is 0 Å². The number of thioether (sulfide) groups is 1. The summed E-state index contributed by atoms with van der Waals surface area (Å²) in [5.41, 5.74) is 1.39. The summed E-state index contributed by atoms with van der Waals surface area (Å²) in [6.45, 7) is 1.13. The number of fused-ring (bicyclic) bond motifs is 1. The number of rotatable bonds is 6. The second-order valence-electron chi connectivity index (χ2n) is 6.76. The van der Waals surface area contributed by atoms with Crippen LogP contribution in [0.15, 0.2) is 41.6 Å². The summed E-state index contributed by atoms with van der Waals surface area (Å²) in [5.74, 6) is 2.57. The quantitative estimate of drug-likeness (QED) is 0.555. The molecule has 2 aromatic carbocycles. The summed E-state index contributed by atoms with van der Waals surface area (Å²) >= 11 is 7.59. The van der Waals surface area contributed by atoms with Crippen LogP contribution in [0.1, 0.15) is 6.42 Å². The maximum Gasteiger partial charge on any atom is 0.234 e. The molecule has 0 fully saturated rings. The van der Waals surface area contributed by atoms with Crippen molar-refractivity contribution in [3.05, 3.63) is 41.4 Å². The predicted molar refractivity (Wildman–Crippen MR) is 119 cm³/mol. The van der Waals surface area contributed by atoms with Crippen molar-refractivity contribution in [3.63, 3.8) is 0 Å². The summed E-state index contributed by atoms with van der Waals surface area (Å²) in [4.78, 5) is 12.5. The highest BCUT2D eigenvalue weighted by atomic mass is 35.5. The van der Waals surface area contributed by atoms with Crippen molar-refractivity contribution < 1.29 is 19.0 Å². The highest BCUT2D eigenvalue weighted by Crippen LogP contribution is 2.37. The summed E-state index contributed by atoms with van der Waals surface area (Å²) in [7, 11) is 3.48. The van der Waals surface area contributed by atoms with Crippen LogP contribution in [-0.2, 0) is 11.8 Å². The highest BCUT2D eigenvalue weighted by Gasteiger charge is 2.17. The molecule has 1 aliphatic heterocycles. The normalized spacial score (nSPS) is 12.9.